The van der Waals surface area contributed by atoms with Crippen molar-refractivity contribution < 1.29 is 4.79 Å². The number of pyridine rings is 1. The van der Waals surface area contributed by atoms with E-state index < -0.39 is 0 Å². The van der Waals surface area contributed by atoms with Crippen LogP contribution in [0.1, 0.15) is 48.0 Å². The number of rotatable bonds is 2. The molecule has 0 unspecified atom stereocenters. The molecule has 0 amide bonds. The highest BCUT2D eigenvalue weighted by Crippen LogP contribution is 2.43. The molecule has 0 spiro atoms. The Hall–Kier alpha value is -2.88. The standard InChI is InChI=1S/C23H22N2O2/c1-25-19-12-11-18(24-14-7-3-2-4-8-14)21-15-9-5-6-10-16(15)23(27)17(22(19)21)13-20(25)26/h5-6,9-14,24H,2-4,7-8H2,1H3. The summed E-state index contributed by atoms with van der Waals surface area (Å²) in [7, 11) is 1.77. The van der Waals surface area contributed by atoms with Gasteiger partial charge in [-0.15, -0.1) is 0 Å². The minimum atomic E-state index is -0.149. The van der Waals surface area contributed by atoms with E-state index in [1.807, 2.05) is 30.3 Å². The second kappa shape index (κ2) is 6.08. The van der Waals surface area contributed by atoms with Gasteiger partial charge < -0.3 is 9.88 Å². The van der Waals surface area contributed by atoms with Crippen LogP contribution in [0.4, 0.5) is 5.69 Å². The highest BCUT2D eigenvalue weighted by atomic mass is 16.1. The predicted molar refractivity (Wildman–Crippen MR) is 109 cm³/mol. The fraction of sp³-hybridized carbons (Fsp3) is 0.304. The van der Waals surface area contributed by atoms with Gasteiger partial charge in [-0.25, -0.2) is 0 Å². The number of nitrogens with zero attached hydrogens (tertiary/aromatic N) is 1. The van der Waals surface area contributed by atoms with Crippen molar-refractivity contribution in [1.29, 1.82) is 0 Å². The number of carbonyl (C=O) groups excluding carboxylic acids is 1. The summed E-state index contributed by atoms with van der Waals surface area (Å²) < 4.78 is 1.63. The van der Waals surface area contributed by atoms with E-state index in [2.05, 4.69) is 11.4 Å². The summed E-state index contributed by atoms with van der Waals surface area (Å²) in [6.07, 6.45) is 6.19. The average molecular weight is 358 g/mol. The number of benzene rings is 2. The molecular weight excluding hydrogens is 336 g/mol. The molecular formula is C23H22N2O2. The summed E-state index contributed by atoms with van der Waals surface area (Å²) in [6.45, 7) is 0. The topological polar surface area (TPSA) is 51.1 Å². The van der Waals surface area contributed by atoms with Gasteiger partial charge in [-0.1, -0.05) is 43.5 Å². The van der Waals surface area contributed by atoms with Crippen LogP contribution < -0.4 is 10.9 Å². The summed E-state index contributed by atoms with van der Waals surface area (Å²) in [6, 6.07) is 13.7. The lowest BCUT2D eigenvalue weighted by Gasteiger charge is -2.28. The van der Waals surface area contributed by atoms with Crippen LogP contribution in [0, 0.1) is 0 Å². The third-order valence-electron chi connectivity index (χ3n) is 6.06. The number of aromatic nitrogens is 1. The van der Waals surface area contributed by atoms with Crippen molar-refractivity contribution in [1.82, 2.24) is 4.57 Å². The molecule has 0 atom stereocenters. The average Bonchev–Trinajstić information content (AvgIpc) is 2.70. The van der Waals surface area contributed by atoms with Crippen molar-refractivity contribution in [2.75, 3.05) is 5.32 Å². The van der Waals surface area contributed by atoms with E-state index in [4.69, 9.17) is 0 Å². The van der Waals surface area contributed by atoms with Crippen LogP contribution in [0.5, 0.6) is 0 Å². The lowest BCUT2D eigenvalue weighted by atomic mass is 9.83. The van der Waals surface area contributed by atoms with E-state index in [9.17, 15) is 9.59 Å². The van der Waals surface area contributed by atoms with Gasteiger partial charge in [-0.2, -0.15) is 0 Å². The van der Waals surface area contributed by atoms with Gasteiger partial charge in [-0.3, -0.25) is 9.59 Å². The van der Waals surface area contributed by atoms with E-state index in [1.165, 1.54) is 38.2 Å². The van der Waals surface area contributed by atoms with Crippen molar-refractivity contribution in [2.24, 2.45) is 7.05 Å². The third-order valence-corrected chi connectivity index (χ3v) is 6.06. The van der Waals surface area contributed by atoms with Crippen LogP contribution in [0.2, 0.25) is 0 Å². The molecule has 1 heterocycles. The Labute approximate surface area is 157 Å². The van der Waals surface area contributed by atoms with Crippen LogP contribution in [0.3, 0.4) is 0 Å². The molecule has 1 N–H and O–H groups in total. The van der Waals surface area contributed by atoms with Crippen LogP contribution in [-0.2, 0) is 7.05 Å². The molecule has 136 valence electrons. The van der Waals surface area contributed by atoms with E-state index in [0.717, 1.165) is 27.7 Å². The fourth-order valence-electron chi connectivity index (χ4n) is 4.65. The Bertz CT molecular complexity index is 1140. The van der Waals surface area contributed by atoms with Gasteiger partial charge in [0.05, 0.1) is 5.52 Å². The van der Waals surface area contributed by atoms with E-state index in [0.29, 0.717) is 17.2 Å². The highest BCUT2D eigenvalue weighted by Gasteiger charge is 2.29. The molecule has 5 rings (SSSR count). The second-order valence-corrected chi connectivity index (χ2v) is 7.69. The minimum absolute atomic E-state index is 0.0596. The quantitative estimate of drug-likeness (QED) is 0.574. The Kier molecular flexibility index (Phi) is 3.67. The molecule has 1 saturated carbocycles. The van der Waals surface area contributed by atoms with E-state index in [-0.39, 0.29) is 11.3 Å². The van der Waals surface area contributed by atoms with Gasteiger partial charge in [-0.05, 0) is 30.5 Å². The van der Waals surface area contributed by atoms with Gasteiger partial charge in [0.1, 0.15) is 0 Å². The number of nitrogens with one attached hydrogen (secondary N) is 1. The SMILES string of the molecule is Cn1c(=O)cc2c3c(c(NC4CCCCC4)ccc31)-c1ccccc1C2=O. The maximum Gasteiger partial charge on any atom is 0.251 e. The first-order chi connectivity index (χ1) is 13.1. The Morgan fingerprint density at radius 3 is 2.44 bits per heavy atom. The monoisotopic (exact) mass is 358 g/mol. The van der Waals surface area contributed by atoms with Gasteiger partial charge in [0.2, 0.25) is 0 Å². The van der Waals surface area contributed by atoms with Gasteiger partial charge in [0, 0.05) is 46.9 Å². The molecule has 2 aliphatic rings. The summed E-state index contributed by atoms with van der Waals surface area (Å²) in [4.78, 5) is 25.5. The molecule has 0 saturated heterocycles. The van der Waals surface area contributed by atoms with Crippen LogP contribution in [-0.4, -0.2) is 16.4 Å². The number of hydrogen-bond acceptors (Lipinski definition) is 3. The van der Waals surface area contributed by atoms with E-state index in [1.54, 1.807) is 11.6 Å². The summed E-state index contributed by atoms with van der Waals surface area (Å²) in [5.74, 6) is -0.0596. The number of anilines is 1. The molecule has 1 fully saturated rings. The first-order valence-electron chi connectivity index (χ1n) is 9.72. The minimum Gasteiger partial charge on any atom is -0.382 e. The molecule has 4 nitrogen and oxygen atoms in total. The van der Waals surface area contributed by atoms with Crippen LogP contribution in [0.15, 0.2) is 47.3 Å². The maximum atomic E-state index is 13.1. The second-order valence-electron chi connectivity index (χ2n) is 7.69. The fourth-order valence-corrected chi connectivity index (χ4v) is 4.65. The van der Waals surface area contributed by atoms with Crippen molar-refractivity contribution in [3.63, 3.8) is 0 Å². The number of hydrogen-bond donors (Lipinski definition) is 1. The van der Waals surface area contributed by atoms with Crippen molar-refractivity contribution in [3.8, 4) is 11.1 Å². The number of carbonyl (C=O) groups is 1. The van der Waals surface area contributed by atoms with Crippen molar-refractivity contribution in [2.45, 2.75) is 38.1 Å². The lowest BCUT2D eigenvalue weighted by Crippen LogP contribution is -2.25. The summed E-state index contributed by atoms with van der Waals surface area (Å²) >= 11 is 0. The normalized spacial score (nSPS) is 16.4. The molecule has 4 heteroatoms. The maximum absolute atomic E-state index is 13.1. The lowest BCUT2D eigenvalue weighted by molar-refractivity contribution is 0.104. The van der Waals surface area contributed by atoms with Crippen molar-refractivity contribution in [3.05, 3.63) is 63.9 Å². The molecule has 27 heavy (non-hydrogen) atoms. The Morgan fingerprint density at radius 2 is 1.67 bits per heavy atom. The van der Waals surface area contributed by atoms with Gasteiger partial charge in [0.25, 0.3) is 5.56 Å². The predicted octanol–water partition coefficient (Wildman–Crippen LogP) is 4.49. The largest absolute Gasteiger partial charge is 0.382 e. The number of fused-ring (bicyclic) bond motifs is 2. The first-order valence-corrected chi connectivity index (χ1v) is 9.72. The number of ketones is 1. The molecule has 3 aromatic rings. The van der Waals surface area contributed by atoms with Crippen LogP contribution in [0.25, 0.3) is 22.0 Å². The zero-order chi connectivity index (χ0) is 18.5. The Morgan fingerprint density at radius 1 is 0.926 bits per heavy atom. The zero-order valence-electron chi connectivity index (χ0n) is 15.4. The number of aryl methyl sites for hydroxylation is 1. The first kappa shape index (κ1) is 16.3. The van der Waals surface area contributed by atoms with Crippen molar-refractivity contribution >= 4 is 22.4 Å². The molecule has 0 radical (unpaired) electrons. The molecule has 2 aliphatic carbocycles. The van der Waals surface area contributed by atoms with Crippen LogP contribution >= 0.6 is 0 Å². The molecule has 0 aliphatic heterocycles. The molecule has 0 bridgehead atoms. The molecule has 1 aromatic heterocycles. The molecule has 2 aromatic carbocycles. The smallest absolute Gasteiger partial charge is 0.251 e. The Balaban J connectivity index is 1.82. The third kappa shape index (κ3) is 2.43. The summed E-state index contributed by atoms with van der Waals surface area (Å²) in [5, 5.41) is 4.64. The van der Waals surface area contributed by atoms with Gasteiger partial charge >= 0.3 is 0 Å². The summed E-state index contributed by atoms with van der Waals surface area (Å²) in [5.41, 5.74) is 4.94. The van der Waals surface area contributed by atoms with E-state index >= 15 is 0 Å². The van der Waals surface area contributed by atoms with Gasteiger partial charge in [0.15, 0.2) is 5.78 Å². The highest BCUT2D eigenvalue weighted by molar-refractivity contribution is 6.27. The zero-order valence-corrected chi connectivity index (χ0v) is 15.4.